The Kier molecular flexibility index (Phi) is 5.40. The summed E-state index contributed by atoms with van der Waals surface area (Å²) < 4.78 is 5.20. The van der Waals surface area contributed by atoms with Crippen molar-refractivity contribution in [2.45, 2.75) is 19.3 Å². The first-order valence-corrected chi connectivity index (χ1v) is 9.70. The Hall–Kier alpha value is -3.11. The van der Waals surface area contributed by atoms with Gasteiger partial charge < -0.3 is 15.5 Å². The molecular formula is C24H25N3O. The van der Waals surface area contributed by atoms with Crippen molar-refractivity contribution < 1.29 is 4.74 Å². The van der Waals surface area contributed by atoms with Crippen molar-refractivity contribution in [3.05, 3.63) is 72.4 Å². The maximum atomic E-state index is 5.73. The molecule has 142 valence electrons. The Morgan fingerprint density at radius 2 is 1.75 bits per heavy atom. The number of nitrogens with zero attached hydrogens (tertiary/aromatic N) is 1. The molecule has 3 N–H and O–H groups in total. The number of benzene rings is 2. The Morgan fingerprint density at radius 1 is 0.929 bits per heavy atom. The quantitative estimate of drug-likeness (QED) is 0.440. The average molecular weight is 371 g/mol. The molecule has 4 heteroatoms. The Bertz CT molecular complexity index is 1050. The number of aromatic nitrogens is 2. The topological polar surface area (TPSA) is 63.9 Å². The lowest BCUT2D eigenvalue weighted by Crippen LogP contribution is -1.99. The van der Waals surface area contributed by atoms with Crippen LogP contribution in [0.4, 0.5) is 0 Å². The van der Waals surface area contributed by atoms with Crippen LogP contribution in [-0.4, -0.2) is 23.6 Å². The van der Waals surface area contributed by atoms with E-state index in [2.05, 4.69) is 58.5 Å². The molecule has 4 rings (SSSR count). The van der Waals surface area contributed by atoms with Crippen molar-refractivity contribution >= 4 is 10.9 Å². The molecule has 4 aromatic rings. The zero-order chi connectivity index (χ0) is 19.3. The van der Waals surface area contributed by atoms with E-state index in [1.807, 2.05) is 18.3 Å². The van der Waals surface area contributed by atoms with Gasteiger partial charge in [-0.1, -0.05) is 36.4 Å². The molecule has 0 unspecified atom stereocenters. The Labute approximate surface area is 165 Å². The lowest BCUT2D eigenvalue weighted by Gasteiger charge is -2.07. The molecule has 2 aromatic carbocycles. The summed E-state index contributed by atoms with van der Waals surface area (Å²) in [5.41, 5.74) is 12.9. The predicted molar refractivity (Wildman–Crippen MR) is 116 cm³/mol. The zero-order valence-corrected chi connectivity index (χ0v) is 16.1. The lowest BCUT2D eigenvalue weighted by molar-refractivity contribution is 0.398. The number of aromatic amines is 1. The van der Waals surface area contributed by atoms with Crippen LogP contribution in [0, 0.1) is 0 Å². The number of nitrogens with two attached hydrogens (primary N) is 1. The van der Waals surface area contributed by atoms with Crippen LogP contribution in [-0.2, 0) is 6.42 Å². The van der Waals surface area contributed by atoms with Crippen molar-refractivity contribution in [3.8, 4) is 28.3 Å². The van der Waals surface area contributed by atoms with E-state index in [-0.39, 0.29) is 0 Å². The third kappa shape index (κ3) is 3.64. The van der Waals surface area contributed by atoms with Crippen LogP contribution in [0.5, 0.6) is 5.88 Å². The third-order valence-corrected chi connectivity index (χ3v) is 5.13. The van der Waals surface area contributed by atoms with Gasteiger partial charge in [0.25, 0.3) is 0 Å². The molecule has 2 aromatic heterocycles. The number of pyridine rings is 1. The fraction of sp³-hybridized carbons (Fsp3) is 0.208. The Morgan fingerprint density at radius 3 is 2.46 bits per heavy atom. The van der Waals surface area contributed by atoms with Crippen molar-refractivity contribution in [2.24, 2.45) is 5.73 Å². The molecule has 0 amide bonds. The highest BCUT2D eigenvalue weighted by atomic mass is 16.5. The van der Waals surface area contributed by atoms with Gasteiger partial charge in [0.1, 0.15) is 0 Å². The van der Waals surface area contributed by atoms with E-state index in [4.69, 9.17) is 10.5 Å². The molecule has 28 heavy (non-hydrogen) atoms. The van der Waals surface area contributed by atoms with E-state index in [0.717, 1.165) is 42.6 Å². The number of aryl methyl sites for hydroxylation is 1. The second-order valence-corrected chi connectivity index (χ2v) is 6.94. The number of rotatable bonds is 7. The molecule has 0 saturated heterocycles. The van der Waals surface area contributed by atoms with E-state index in [9.17, 15) is 0 Å². The van der Waals surface area contributed by atoms with E-state index >= 15 is 0 Å². The molecule has 0 atom stereocenters. The molecule has 2 heterocycles. The molecule has 4 nitrogen and oxygen atoms in total. The molecule has 0 bridgehead atoms. The van der Waals surface area contributed by atoms with Crippen molar-refractivity contribution in [2.75, 3.05) is 13.7 Å². The fourth-order valence-corrected chi connectivity index (χ4v) is 3.66. The summed E-state index contributed by atoms with van der Waals surface area (Å²) in [6, 6.07) is 21.1. The first-order valence-electron chi connectivity index (χ1n) is 9.70. The number of H-pyrrole nitrogens is 1. The van der Waals surface area contributed by atoms with Gasteiger partial charge in [-0.15, -0.1) is 0 Å². The maximum Gasteiger partial charge on any atom is 0.212 e. The van der Waals surface area contributed by atoms with Gasteiger partial charge in [0.05, 0.1) is 12.8 Å². The van der Waals surface area contributed by atoms with E-state index in [0.29, 0.717) is 5.88 Å². The van der Waals surface area contributed by atoms with Gasteiger partial charge in [-0.25, -0.2) is 4.98 Å². The first-order chi connectivity index (χ1) is 13.8. The molecule has 0 spiro atoms. The summed E-state index contributed by atoms with van der Waals surface area (Å²) in [4.78, 5) is 8.00. The SMILES string of the molecule is COc1ccc(-c2[nH]c3ccc(-c4ccccc4)cc3c2CCCCN)cn1. The van der Waals surface area contributed by atoms with Crippen LogP contribution in [0.2, 0.25) is 0 Å². The van der Waals surface area contributed by atoms with Gasteiger partial charge in [-0.2, -0.15) is 0 Å². The van der Waals surface area contributed by atoms with Crippen molar-refractivity contribution in [1.29, 1.82) is 0 Å². The van der Waals surface area contributed by atoms with Crippen molar-refractivity contribution in [3.63, 3.8) is 0 Å². The lowest BCUT2D eigenvalue weighted by atomic mass is 9.98. The van der Waals surface area contributed by atoms with Gasteiger partial charge in [0, 0.05) is 28.7 Å². The standard InChI is InChI=1S/C24H25N3O/c1-28-23-13-11-19(16-26-23)24-20(9-5-6-14-25)21-15-18(10-12-22(21)27-24)17-7-3-2-4-8-17/h2-4,7-8,10-13,15-16,27H,5-6,9,14,25H2,1H3. The van der Waals surface area contributed by atoms with E-state index in [1.54, 1.807) is 7.11 Å². The summed E-state index contributed by atoms with van der Waals surface area (Å²) in [6.07, 6.45) is 4.94. The summed E-state index contributed by atoms with van der Waals surface area (Å²) in [6.45, 7) is 0.719. The molecule has 0 aliphatic carbocycles. The highest BCUT2D eigenvalue weighted by molar-refractivity contribution is 5.93. The van der Waals surface area contributed by atoms with Gasteiger partial charge >= 0.3 is 0 Å². The molecule has 0 fully saturated rings. The summed E-state index contributed by atoms with van der Waals surface area (Å²) >= 11 is 0. The van der Waals surface area contributed by atoms with E-state index in [1.165, 1.54) is 22.1 Å². The highest BCUT2D eigenvalue weighted by Gasteiger charge is 2.14. The number of fused-ring (bicyclic) bond motifs is 1. The number of methoxy groups -OCH3 is 1. The third-order valence-electron chi connectivity index (χ3n) is 5.13. The molecular weight excluding hydrogens is 346 g/mol. The number of unbranched alkanes of at least 4 members (excludes halogenated alkanes) is 1. The fourth-order valence-electron chi connectivity index (χ4n) is 3.66. The van der Waals surface area contributed by atoms with Crippen LogP contribution in [0.1, 0.15) is 18.4 Å². The second-order valence-electron chi connectivity index (χ2n) is 6.94. The molecule has 0 aliphatic rings. The van der Waals surface area contributed by atoms with Crippen molar-refractivity contribution in [1.82, 2.24) is 9.97 Å². The van der Waals surface area contributed by atoms with Gasteiger partial charge in [0.15, 0.2) is 0 Å². The normalized spacial score (nSPS) is 11.1. The van der Waals surface area contributed by atoms with Gasteiger partial charge in [-0.3, -0.25) is 0 Å². The average Bonchev–Trinajstić information content (AvgIpc) is 3.12. The number of ether oxygens (including phenoxy) is 1. The first kappa shape index (κ1) is 18.3. The molecule has 0 saturated carbocycles. The second kappa shape index (κ2) is 8.28. The zero-order valence-electron chi connectivity index (χ0n) is 16.1. The predicted octanol–water partition coefficient (Wildman–Crippen LogP) is 5.19. The monoisotopic (exact) mass is 371 g/mol. The van der Waals surface area contributed by atoms with Crippen LogP contribution in [0.25, 0.3) is 33.3 Å². The summed E-state index contributed by atoms with van der Waals surface area (Å²) in [5.74, 6) is 0.621. The van der Waals surface area contributed by atoms with Crippen LogP contribution in [0.15, 0.2) is 66.9 Å². The van der Waals surface area contributed by atoms with Crippen LogP contribution < -0.4 is 10.5 Å². The minimum absolute atomic E-state index is 0.621. The number of nitrogens with one attached hydrogen (secondary N) is 1. The summed E-state index contributed by atoms with van der Waals surface area (Å²) in [5, 5.41) is 1.27. The maximum absolute atomic E-state index is 5.73. The van der Waals surface area contributed by atoms with Gasteiger partial charge in [0.2, 0.25) is 5.88 Å². The largest absolute Gasteiger partial charge is 0.481 e. The Balaban J connectivity index is 1.82. The number of hydrogen-bond acceptors (Lipinski definition) is 3. The minimum atomic E-state index is 0.621. The van der Waals surface area contributed by atoms with Crippen LogP contribution in [0.3, 0.4) is 0 Å². The smallest absolute Gasteiger partial charge is 0.212 e. The van der Waals surface area contributed by atoms with E-state index < -0.39 is 0 Å². The summed E-state index contributed by atoms with van der Waals surface area (Å²) in [7, 11) is 1.63. The molecule has 0 aliphatic heterocycles. The molecule has 0 radical (unpaired) electrons. The highest BCUT2D eigenvalue weighted by Crippen LogP contribution is 2.34. The van der Waals surface area contributed by atoms with Crippen LogP contribution >= 0.6 is 0 Å². The number of hydrogen-bond donors (Lipinski definition) is 2. The van der Waals surface area contributed by atoms with Gasteiger partial charge in [-0.05, 0) is 60.7 Å². The minimum Gasteiger partial charge on any atom is -0.481 e.